The van der Waals surface area contributed by atoms with Gasteiger partial charge in [-0.1, -0.05) is 60.7 Å². The Balaban J connectivity index is 0.000000659. The van der Waals surface area contributed by atoms with E-state index in [-0.39, 0.29) is 0 Å². The van der Waals surface area contributed by atoms with Gasteiger partial charge in [0.15, 0.2) is 0 Å². The van der Waals surface area contributed by atoms with Crippen molar-refractivity contribution in [3.05, 3.63) is 98.1 Å². The maximum absolute atomic E-state index is 3.00. The molecule has 0 nitrogen and oxygen atoms in total. The average molecular weight is 238 g/mol. The number of benzene rings is 2. The Morgan fingerprint density at radius 1 is 0.500 bits per heavy atom. The van der Waals surface area contributed by atoms with E-state index in [1.165, 1.54) is 11.1 Å². The van der Waals surface area contributed by atoms with Gasteiger partial charge in [0.25, 0.3) is 0 Å². The van der Waals surface area contributed by atoms with Crippen molar-refractivity contribution in [1.29, 1.82) is 0 Å². The quantitative estimate of drug-likeness (QED) is 0.654. The molecule has 2 rings (SSSR count). The Hall–Kier alpha value is -2.08. The zero-order valence-corrected chi connectivity index (χ0v) is 11.0. The summed E-state index contributed by atoms with van der Waals surface area (Å²) in [6.45, 7) is 12.0. The highest BCUT2D eigenvalue weighted by atomic mass is 14.0. The van der Waals surface area contributed by atoms with E-state index < -0.39 is 0 Å². The Bertz CT molecular complexity index is 347. The Kier molecular flexibility index (Phi) is 10.1. The number of aryl methyl sites for hydroxylation is 2. The van der Waals surface area contributed by atoms with Crippen LogP contribution in [0.25, 0.3) is 0 Å². The van der Waals surface area contributed by atoms with Gasteiger partial charge in [-0.2, -0.15) is 0 Å². The van der Waals surface area contributed by atoms with Gasteiger partial charge < -0.3 is 0 Å². The second-order valence-corrected chi connectivity index (χ2v) is 3.47. The van der Waals surface area contributed by atoms with Crippen molar-refractivity contribution >= 4 is 0 Å². The molecule has 0 atom stereocenters. The van der Waals surface area contributed by atoms with Crippen molar-refractivity contribution in [2.45, 2.75) is 12.8 Å². The second-order valence-electron chi connectivity index (χ2n) is 3.47. The summed E-state index contributed by atoms with van der Waals surface area (Å²) in [4.78, 5) is 0. The molecule has 0 aliphatic rings. The zero-order chi connectivity index (χ0) is 13.6. The van der Waals surface area contributed by atoms with Gasteiger partial charge in [0.2, 0.25) is 0 Å². The molecule has 0 saturated heterocycles. The van der Waals surface area contributed by atoms with E-state index >= 15 is 0 Å². The van der Waals surface area contributed by atoms with Gasteiger partial charge in [0.1, 0.15) is 0 Å². The third kappa shape index (κ3) is 6.49. The van der Waals surface area contributed by atoms with E-state index in [1.807, 2.05) is 0 Å². The standard InChI is InChI=1S/C14H14.2C2H4/c1-3-7-13(8-4-1)11-12-14-9-5-2-6-10-14;2*1-2/h1-10H,11-12H2;2*1-2H2. The van der Waals surface area contributed by atoms with Crippen LogP contribution in [0.15, 0.2) is 87.0 Å². The molecule has 0 aromatic heterocycles. The van der Waals surface area contributed by atoms with Crippen LogP contribution in [0.4, 0.5) is 0 Å². The SMILES string of the molecule is C=C.C=C.c1ccc(CCc2ccccc2)cc1. The molecule has 0 amide bonds. The summed E-state index contributed by atoms with van der Waals surface area (Å²) >= 11 is 0. The molecular weight excluding hydrogens is 216 g/mol. The lowest BCUT2D eigenvalue weighted by atomic mass is 10.0. The third-order valence-electron chi connectivity index (χ3n) is 2.39. The minimum atomic E-state index is 1.13. The molecular formula is C18H22. The largest absolute Gasteiger partial charge is 0.106 e. The van der Waals surface area contributed by atoms with Crippen LogP contribution in [0.5, 0.6) is 0 Å². The molecule has 18 heavy (non-hydrogen) atoms. The first-order valence-electron chi connectivity index (χ1n) is 6.03. The smallest absolute Gasteiger partial charge is 0.0238 e. The highest BCUT2D eigenvalue weighted by molar-refractivity contribution is 5.19. The number of hydrogen-bond donors (Lipinski definition) is 0. The van der Waals surface area contributed by atoms with E-state index in [9.17, 15) is 0 Å². The first-order chi connectivity index (χ1) is 8.95. The van der Waals surface area contributed by atoms with Crippen LogP contribution < -0.4 is 0 Å². The molecule has 0 bridgehead atoms. The maximum Gasteiger partial charge on any atom is -0.0238 e. The lowest BCUT2D eigenvalue weighted by molar-refractivity contribution is 0.960. The fraction of sp³-hybridized carbons (Fsp3) is 0.111. The van der Waals surface area contributed by atoms with E-state index in [0.717, 1.165) is 12.8 Å². The zero-order valence-electron chi connectivity index (χ0n) is 11.0. The average Bonchev–Trinajstić information content (AvgIpc) is 2.51. The Morgan fingerprint density at radius 2 is 0.778 bits per heavy atom. The molecule has 2 aromatic rings. The van der Waals surface area contributed by atoms with E-state index in [4.69, 9.17) is 0 Å². The van der Waals surface area contributed by atoms with Crippen LogP contribution in [0, 0.1) is 0 Å². The first-order valence-corrected chi connectivity index (χ1v) is 6.03. The summed E-state index contributed by atoms with van der Waals surface area (Å²) in [6, 6.07) is 21.2. The van der Waals surface area contributed by atoms with E-state index in [2.05, 4.69) is 87.0 Å². The van der Waals surface area contributed by atoms with Crippen LogP contribution in [-0.2, 0) is 12.8 Å². The van der Waals surface area contributed by atoms with Crippen LogP contribution >= 0.6 is 0 Å². The highest BCUT2D eigenvalue weighted by Crippen LogP contribution is 2.06. The van der Waals surface area contributed by atoms with Gasteiger partial charge in [-0.3, -0.25) is 0 Å². The fourth-order valence-electron chi connectivity index (χ4n) is 1.58. The summed E-state index contributed by atoms with van der Waals surface area (Å²) in [5, 5.41) is 0. The number of hydrogen-bond acceptors (Lipinski definition) is 0. The minimum absolute atomic E-state index is 1.13. The van der Waals surface area contributed by atoms with Gasteiger partial charge in [-0.25, -0.2) is 0 Å². The van der Waals surface area contributed by atoms with E-state index in [1.54, 1.807) is 0 Å². The molecule has 0 unspecified atom stereocenters. The molecule has 0 fully saturated rings. The van der Waals surface area contributed by atoms with Crippen LogP contribution in [0.3, 0.4) is 0 Å². The van der Waals surface area contributed by atoms with Crippen molar-refractivity contribution in [2.75, 3.05) is 0 Å². The van der Waals surface area contributed by atoms with Crippen molar-refractivity contribution in [1.82, 2.24) is 0 Å². The molecule has 0 N–H and O–H groups in total. The minimum Gasteiger partial charge on any atom is -0.106 e. The van der Waals surface area contributed by atoms with Crippen molar-refractivity contribution in [2.24, 2.45) is 0 Å². The molecule has 0 radical (unpaired) electrons. The summed E-state index contributed by atoms with van der Waals surface area (Å²) in [7, 11) is 0. The fourth-order valence-corrected chi connectivity index (χ4v) is 1.58. The predicted octanol–water partition coefficient (Wildman–Crippen LogP) is 5.08. The molecule has 0 aliphatic carbocycles. The molecule has 94 valence electrons. The summed E-state index contributed by atoms with van der Waals surface area (Å²) in [5.41, 5.74) is 2.83. The first kappa shape index (κ1) is 15.9. The van der Waals surface area contributed by atoms with Gasteiger partial charge in [-0.15, -0.1) is 26.3 Å². The third-order valence-corrected chi connectivity index (χ3v) is 2.39. The normalized spacial score (nSPS) is 8.22. The van der Waals surface area contributed by atoms with Gasteiger partial charge in [0, 0.05) is 0 Å². The predicted molar refractivity (Wildman–Crippen MR) is 82.8 cm³/mol. The lowest BCUT2D eigenvalue weighted by Gasteiger charge is -2.01. The van der Waals surface area contributed by atoms with Crippen LogP contribution in [-0.4, -0.2) is 0 Å². The van der Waals surface area contributed by atoms with Gasteiger partial charge in [-0.05, 0) is 24.0 Å². The van der Waals surface area contributed by atoms with Crippen molar-refractivity contribution in [3.63, 3.8) is 0 Å². The molecule has 0 spiro atoms. The van der Waals surface area contributed by atoms with Crippen LogP contribution in [0.2, 0.25) is 0 Å². The Labute approximate surface area is 111 Å². The maximum atomic E-state index is 3.00. The lowest BCUT2D eigenvalue weighted by Crippen LogP contribution is -1.89. The Morgan fingerprint density at radius 3 is 1.06 bits per heavy atom. The second kappa shape index (κ2) is 11.4. The molecule has 0 aliphatic heterocycles. The molecule has 0 heterocycles. The van der Waals surface area contributed by atoms with Crippen LogP contribution in [0.1, 0.15) is 11.1 Å². The highest BCUT2D eigenvalue weighted by Gasteiger charge is 1.93. The molecule has 0 heteroatoms. The van der Waals surface area contributed by atoms with E-state index in [0.29, 0.717) is 0 Å². The summed E-state index contributed by atoms with van der Waals surface area (Å²) in [5.74, 6) is 0. The van der Waals surface area contributed by atoms with Gasteiger partial charge >= 0.3 is 0 Å². The topological polar surface area (TPSA) is 0 Å². The molecule has 0 saturated carbocycles. The monoisotopic (exact) mass is 238 g/mol. The summed E-state index contributed by atoms with van der Waals surface area (Å²) < 4.78 is 0. The summed E-state index contributed by atoms with van der Waals surface area (Å²) in [6.07, 6.45) is 2.26. The van der Waals surface area contributed by atoms with Crippen molar-refractivity contribution < 1.29 is 0 Å². The van der Waals surface area contributed by atoms with Crippen molar-refractivity contribution in [3.8, 4) is 0 Å². The number of rotatable bonds is 3. The molecule has 2 aromatic carbocycles. The van der Waals surface area contributed by atoms with Gasteiger partial charge in [0.05, 0.1) is 0 Å².